The van der Waals surface area contributed by atoms with Gasteiger partial charge in [0.25, 0.3) is 0 Å². The van der Waals surface area contributed by atoms with Crippen LogP contribution in [0.3, 0.4) is 0 Å². The zero-order valence-electron chi connectivity index (χ0n) is 11.9. The predicted molar refractivity (Wildman–Crippen MR) is 71.1 cm³/mol. The first-order valence-electron chi connectivity index (χ1n) is 6.37. The highest BCUT2D eigenvalue weighted by atomic mass is 19.4. The molecule has 0 radical (unpaired) electrons. The summed E-state index contributed by atoms with van der Waals surface area (Å²) in [6.07, 6.45) is -4.36. The third-order valence-electron chi connectivity index (χ3n) is 2.79. The van der Waals surface area contributed by atoms with Crippen molar-refractivity contribution in [3.63, 3.8) is 0 Å². The van der Waals surface area contributed by atoms with E-state index in [1.807, 2.05) is 4.90 Å². The van der Waals surface area contributed by atoms with Gasteiger partial charge in [0.15, 0.2) is 6.61 Å². The van der Waals surface area contributed by atoms with E-state index in [-0.39, 0.29) is 5.75 Å². The number of carboxylic acid groups (broad SMARTS) is 1. The van der Waals surface area contributed by atoms with E-state index in [0.717, 1.165) is 5.56 Å². The fourth-order valence-corrected chi connectivity index (χ4v) is 1.78. The molecule has 1 aromatic carbocycles. The lowest BCUT2D eigenvalue weighted by Crippen LogP contribution is -2.28. The number of aliphatic carboxylic acids is 1. The summed E-state index contributed by atoms with van der Waals surface area (Å²) < 4.78 is 40.6. The van der Waals surface area contributed by atoms with E-state index in [0.29, 0.717) is 13.1 Å². The van der Waals surface area contributed by atoms with Crippen LogP contribution in [0.2, 0.25) is 0 Å². The quantitative estimate of drug-likeness (QED) is 0.841. The second kappa shape index (κ2) is 7.31. The highest BCUT2D eigenvalue weighted by Gasteiger charge is 2.28. The van der Waals surface area contributed by atoms with Crippen molar-refractivity contribution >= 4 is 5.97 Å². The van der Waals surface area contributed by atoms with Gasteiger partial charge in [-0.2, -0.15) is 13.2 Å². The molecule has 1 unspecified atom stereocenters. The van der Waals surface area contributed by atoms with Crippen LogP contribution in [0.4, 0.5) is 13.2 Å². The van der Waals surface area contributed by atoms with Gasteiger partial charge in [-0.1, -0.05) is 19.1 Å². The normalized spacial score (nSPS) is 13.2. The van der Waals surface area contributed by atoms with E-state index in [9.17, 15) is 18.0 Å². The maximum Gasteiger partial charge on any atom is 0.422 e. The Balaban J connectivity index is 2.49. The number of carbonyl (C=O) groups is 1. The number of ether oxygens (including phenoxy) is 1. The van der Waals surface area contributed by atoms with Crippen LogP contribution in [0.1, 0.15) is 12.5 Å². The molecule has 1 N–H and O–H groups in total. The lowest BCUT2D eigenvalue weighted by Gasteiger charge is -2.19. The van der Waals surface area contributed by atoms with Crippen LogP contribution in [-0.2, 0) is 11.3 Å². The Bertz CT molecular complexity index is 460. The van der Waals surface area contributed by atoms with Crippen LogP contribution in [0.25, 0.3) is 0 Å². The molecule has 0 aliphatic heterocycles. The third kappa shape index (κ3) is 6.99. The van der Waals surface area contributed by atoms with Crippen LogP contribution in [-0.4, -0.2) is 42.4 Å². The van der Waals surface area contributed by atoms with Crippen molar-refractivity contribution < 1.29 is 27.8 Å². The molecule has 0 spiro atoms. The van der Waals surface area contributed by atoms with Gasteiger partial charge in [-0.05, 0) is 24.7 Å². The molecule has 21 heavy (non-hydrogen) atoms. The zero-order chi connectivity index (χ0) is 16.0. The summed E-state index contributed by atoms with van der Waals surface area (Å²) in [4.78, 5) is 12.6. The molecule has 1 rings (SSSR count). The molecule has 0 bridgehead atoms. The largest absolute Gasteiger partial charge is 0.484 e. The molecule has 0 amide bonds. The first-order valence-corrected chi connectivity index (χ1v) is 6.37. The standard InChI is InChI=1S/C14H18F3NO3/c1-10(13(19)20)7-18(2)8-11-3-5-12(6-4-11)21-9-14(15,16)17/h3-6,10H,7-9H2,1-2H3,(H,19,20). The molecule has 118 valence electrons. The monoisotopic (exact) mass is 305 g/mol. The summed E-state index contributed by atoms with van der Waals surface area (Å²) in [6, 6.07) is 6.26. The molecule has 0 saturated heterocycles. The number of benzene rings is 1. The van der Waals surface area contributed by atoms with Gasteiger partial charge >= 0.3 is 12.1 Å². The van der Waals surface area contributed by atoms with Gasteiger partial charge < -0.3 is 14.7 Å². The van der Waals surface area contributed by atoms with Crippen molar-refractivity contribution in [1.29, 1.82) is 0 Å². The van der Waals surface area contributed by atoms with Crippen molar-refractivity contribution in [1.82, 2.24) is 4.90 Å². The molecule has 0 aliphatic carbocycles. The van der Waals surface area contributed by atoms with Gasteiger partial charge in [-0.25, -0.2) is 0 Å². The Hall–Kier alpha value is -1.76. The molecule has 4 nitrogen and oxygen atoms in total. The van der Waals surface area contributed by atoms with Gasteiger partial charge in [-0.3, -0.25) is 4.79 Å². The van der Waals surface area contributed by atoms with Crippen molar-refractivity contribution in [3.05, 3.63) is 29.8 Å². The van der Waals surface area contributed by atoms with Crippen molar-refractivity contribution in [2.24, 2.45) is 5.92 Å². The van der Waals surface area contributed by atoms with Crippen LogP contribution in [0.15, 0.2) is 24.3 Å². The van der Waals surface area contributed by atoms with E-state index in [1.54, 1.807) is 26.1 Å². The molecule has 1 aromatic rings. The average molecular weight is 305 g/mol. The minimum absolute atomic E-state index is 0.151. The second-order valence-electron chi connectivity index (χ2n) is 4.98. The SMILES string of the molecule is CC(CN(C)Cc1ccc(OCC(F)(F)F)cc1)C(=O)O. The Kier molecular flexibility index (Phi) is 6.02. The van der Waals surface area contributed by atoms with Gasteiger partial charge in [0.2, 0.25) is 0 Å². The Labute approximate surface area is 121 Å². The maximum absolute atomic E-state index is 12.0. The summed E-state index contributed by atoms with van der Waals surface area (Å²) in [5.74, 6) is -1.19. The molecule has 7 heteroatoms. The van der Waals surface area contributed by atoms with Crippen LogP contribution in [0.5, 0.6) is 5.75 Å². The van der Waals surface area contributed by atoms with Gasteiger partial charge in [-0.15, -0.1) is 0 Å². The minimum Gasteiger partial charge on any atom is -0.484 e. The number of carboxylic acids is 1. The van der Waals surface area contributed by atoms with Gasteiger partial charge in [0.1, 0.15) is 5.75 Å². The zero-order valence-corrected chi connectivity index (χ0v) is 11.9. The van der Waals surface area contributed by atoms with Crippen molar-refractivity contribution in [3.8, 4) is 5.75 Å². The first-order chi connectivity index (χ1) is 9.67. The Morgan fingerprint density at radius 1 is 1.33 bits per heavy atom. The molecule has 0 heterocycles. The molecule has 0 fully saturated rings. The molecule has 1 atom stereocenters. The van der Waals surface area contributed by atoms with Gasteiger partial charge in [0.05, 0.1) is 5.92 Å². The van der Waals surface area contributed by atoms with E-state index in [4.69, 9.17) is 5.11 Å². The van der Waals surface area contributed by atoms with Crippen molar-refractivity contribution in [2.45, 2.75) is 19.6 Å². The maximum atomic E-state index is 12.0. The van der Waals surface area contributed by atoms with E-state index in [2.05, 4.69) is 4.74 Å². The van der Waals surface area contributed by atoms with Gasteiger partial charge in [0, 0.05) is 13.1 Å². The number of alkyl halides is 3. The molecular formula is C14H18F3NO3. The lowest BCUT2D eigenvalue weighted by molar-refractivity contribution is -0.153. The Morgan fingerprint density at radius 3 is 2.38 bits per heavy atom. The predicted octanol–water partition coefficient (Wildman–Crippen LogP) is 2.78. The van der Waals surface area contributed by atoms with Crippen LogP contribution in [0, 0.1) is 5.92 Å². The number of hydrogen-bond acceptors (Lipinski definition) is 3. The number of halogens is 3. The molecule has 0 saturated carbocycles. The molecular weight excluding hydrogens is 287 g/mol. The summed E-state index contributed by atoms with van der Waals surface area (Å²) in [5, 5.41) is 8.82. The number of nitrogens with zero attached hydrogens (tertiary/aromatic N) is 1. The second-order valence-corrected chi connectivity index (χ2v) is 4.98. The minimum atomic E-state index is -4.36. The molecule has 0 aliphatic rings. The summed E-state index contributed by atoms with van der Waals surface area (Å²) in [5.41, 5.74) is 0.870. The number of hydrogen-bond donors (Lipinski definition) is 1. The van der Waals surface area contributed by atoms with Crippen LogP contribution >= 0.6 is 0 Å². The topological polar surface area (TPSA) is 49.8 Å². The highest BCUT2D eigenvalue weighted by Crippen LogP contribution is 2.19. The summed E-state index contributed by atoms with van der Waals surface area (Å²) in [6.45, 7) is 1.20. The van der Waals surface area contributed by atoms with E-state index >= 15 is 0 Å². The summed E-state index contributed by atoms with van der Waals surface area (Å²) in [7, 11) is 1.79. The van der Waals surface area contributed by atoms with Crippen LogP contribution < -0.4 is 4.74 Å². The lowest BCUT2D eigenvalue weighted by atomic mass is 10.1. The number of rotatable bonds is 7. The first kappa shape index (κ1) is 17.3. The van der Waals surface area contributed by atoms with Crippen molar-refractivity contribution in [2.75, 3.05) is 20.2 Å². The fraction of sp³-hybridized carbons (Fsp3) is 0.500. The fourth-order valence-electron chi connectivity index (χ4n) is 1.78. The highest BCUT2D eigenvalue weighted by molar-refractivity contribution is 5.69. The molecule has 0 aromatic heterocycles. The smallest absolute Gasteiger partial charge is 0.422 e. The third-order valence-corrected chi connectivity index (χ3v) is 2.79. The average Bonchev–Trinajstić information content (AvgIpc) is 2.36. The summed E-state index contributed by atoms with van der Waals surface area (Å²) >= 11 is 0. The van der Waals surface area contributed by atoms with E-state index < -0.39 is 24.7 Å². The van der Waals surface area contributed by atoms with E-state index in [1.165, 1.54) is 12.1 Å². The Morgan fingerprint density at radius 2 is 1.90 bits per heavy atom.